The van der Waals surface area contributed by atoms with Crippen molar-refractivity contribution in [3.63, 3.8) is 0 Å². The van der Waals surface area contributed by atoms with Gasteiger partial charge in [0.05, 0.1) is 25.6 Å². The number of nitrogens with one attached hydrogen (secondary N) is 1. The van der Waals surface area contributed by atoms with Gasteiger partial charge in [0.25, 0.3) is 0 Å². The predicted octanol–water partition coefficient (Wildman–Crippen LogP) is 4.84. The molecule has 4 nitrogen and oxygen atoms in total. The molecule has 3 rings (SSSR count). The summed E-state index contributed by atoms with van der Waals surface area (Å²) in [6.45, 7) is 0. The Bertz CT molecular complexity index is 862. The second-order valence-corrected chi connectivity index (χ2v) is 5.50. The molecule has 0 aromatic heterocycles. The molecule has 0 unspecified atom stereocenters. The SMILES string of the molecule is COc1ccc(-c2ccc(Nc3cc(OC)c(F)cc3N)cc2)cc1. The van der Waals surface area contributed by atoms with Gasteiger partial charge in [0.1, 0.15) is 5.75 Å². The molecule has 0 aliphatic heterocycles. The number of nitrogen functional groups attached to an aromatic ring is 1. The van der Waals surface area contributed by atoms with Crippen LogP contribution in [-0.2, 0) is 0 Å². The fourth-order valence-corrected chi connectivity index (χ4v) is 2.52. The Morgan fingerprint density at radius 1 is 0.840 bits per heavy atom. The van der Waals surface area contributed by atoms with Gasteiger partial charge in [0, 0.05) is 17.8 Å². The van der Waals surface area contributed by atoms with Gasteiger partial charge in [0.2, 0.25) is 0 Å². The molecule has 25 heavy (non-hydrogen) atoms. The molecule has 3 aromatic carbocycles. The van der Waals surface area contributed by atoms with E-state index in [2.05, 4.69) is 5.32 Å². The van der Waals surface area contributed by atoms with Crippen molar-refractivity contribution in [3.05, 3.63) is 66.5 Å². The number of ether oxygens (including phenoxy) is 2. The van der Waals surface area contributed by atoms with Crippen LogP contribution in [0.3, 0.4) is 0 Å². The molecule has 0 fully saturated rings. The minimum absolute atomic E-state index is 0.145. The van der Waals surface area contributed by atoms with Crippen LogP contribution < -0.4 is 20.5 Å². The summed E-state index contributed by atoms with van der Waals surface area (Å²) < 4.78 is 23.8. The molecule has 0 saturated heterocycles. The van der Waals surface area contributed by atoms with Gasteiger partial charge in [-0.2, -0.15) is 0 Å². The maximum absolute atomic E-state index is 13.6. The molecular formula is C20H19FN2O2. The largest absolute Gasteiger partial charge is 0.497 e. The third-order valence-electron chi connectivity index (χ3n) is 3.91. The quantitative estimate of drug-likeness (QED) is 0.654. The zero-order valence-corrected chi connectivity index (χ0v) is 14.0. The summed E-state index contributed by atoms with van der Waals surface area (Å²) in [5.41, 5.74) is 9.80. The van der Waals surface area contributed by atoms with Crippen molar-refractivity contribution < 1.29 is 13.9 Å². The minimum atomic E-state index is -0.486. The molecule has 0 radical (unpaired) electrons. The van der Waals surface area contributed by atoms with Crippen molar-refractivity contribution in [2.75, 3.05) is 25.3 Å². The van der Waals surface area contributed by atoms with E-state index in [1.165, 1.54) is 13.2 Å². The Labute approximate surface area is 146 Å². The summed E-state index contributed by atoms with van der Waals surface area (Å²) in [4.78, 5) is 0. The van der Waals surface area contributed by atoms with Gasteiger partial charge in [-0.25, -0.2) is 4.39 Å². The summed E-state index contributed by atoms with van der Waals surface area (Å²) in [6.07, 6.45) is 0. The number of hydrogen-bond acceptors (Lipinski definition) is 4. The maximum atomic E-state index is 13.6. The van der Waals surface area contributed by atoms with Gasteiger partial charge in [-0.15, -0.1) is 0 Å². The van der Waals surface area contributed by atoms with Crippen LogP contribution in [0.5, 0.6) is 11.5 Å². The van der Waals surface area contributed by atoms with E-state index in [0.29, 0.717) is 11.4 Å². The third kappa shape index (κ3) is 3.66. The number of hydrogen-bond donors (Lipinski definition) is 2. The first kappa shape index (κ1) is 16.6. The van der Waals surface area contributed by atoms with Crippen LogP contribution in [0, 0.1) is 5.82 Å². The van der Waals surface area contributed by atoms with Crippen LogP contribution in [0.4, 0.5) is 21.5 Å². The van der Waals surface area contributed by atoms with Crippen molar-refractivity contribution >= 4 is 17.1 Å². The van der Waals surface area contributed by atoms with E-state index in [1.807, 2.05) is 48.5 Å². The van der Waals surface area contributed by atoms with Crippen molar-refractivity contribution in [2.45, 2.75) is 0 Å². The number of halogens is 1. The van der Waals surface area contributed by atoms with Gasteiger partial charge in [0.15, 0.2) is 11.6 Å². The Kier molecular flexibility index (Phi) is 4.75. The number of nitrogens with two attached hydrogens (primary N) is 1. The lowest BCUT2D eigenvalue weighted by atomic mass is 10.1. The van der Waals surface area contributed by atoms with E-state index in [-0.39, 0.29) is 5.75 Å². The fraction of sp³-hybridized carbons (Fsp3) is 0.100. The van der Waals surface area contributed by atoms with E-state index >= 15 is 0 Å². The highest BCUT2D eigenvalue weighted by molar-refractivity contribution is 5.75. The van der Waals surface area contributed by atoms with Crippen LogP contribution in [0.1, 0.15) is 0 Å². The summed E-state index contributed by atoms with van der Waals surface area (Å²) in [5, 5.41) is 3.18. The van der Waals surface area contributed by atoms with Crippen LogP contribution >= 0.6 is 0 Å². The van der Waals surface area contributed by atoms with E-state index in [1.54, 1.807) is 13.2 Å². The first-order valence-electron chi connectivity index (χ1n) is 7.75. The predicted molar refractivity (Wildman–Crippen MR) is 99.1 cm³/mol. The van der Waals surface area contributed by atoms with Crippen LogP contribution in [-0.4, -0.2) is 14.2 Å². The van der Waals surface area contributed by atoms with Gasteiger partial charge in [-0.05, 0) is 35.4 Å². The van der Waals surface area contributed by atoms with E-state index in [4.69, 9.17) is 15.2 Å². The lowest BCUT2D eigenvalue weighted by Gasteiger charge is -2.12. The standard InChI is InChI=1S/C20H19FN2O2/c1-24-16-9-5-14(6-10-16)13-3-7-15(8-4-13)23-19-12-20(25-2)17(21)11-18(19)22/h3-12,23H,22H2,1-2H3. The molecule has 0 saturated carbocycles. The molecule has 0 atom stereocenters. The topological polar surface area (TPSA) is 56.5 Å². The molecule has 5 heteroatoms. The van der Waals surface area contributed by atoms with E-state index in [9.17, 15) is 4.39 Å². The van der Waals surface area contributed by atoms with E-state index in [0.717, 1.165) is 22.6 Å². The maximum Gasteiger partial charge on any atom is 0.167 e. The fourth-order valence-electron chi connectivity index (χ4n) is 2.52. The monoisotopic (exact) mass is 338 g/mol. The smallest absolute Gasteiger partial charge is 0.167 e. The second kappa shape index (κ2) is 7.13. The van der Waals surface area contributed by atoms with Crippen LogP contribution in [0.25, 0.3) is 11.1 Å². The van der Waals surface area contributed by atoms with Crippen molar-refractivity contribution in [1.82, 2.24) is 0 Å². The normalized spacial score (nSPS) is 10.4. The summed E-state index contributed by atoms with van der Waals surface area (Å²) in [6, 6.07) is 18.5. The average molecular weight is 338 g/mol. The van der Waals surface area contributed by atoms with Crippen LogP contribution in [0.15, 0.2) is 60.7 Å². The number of rotatable bonds is 5. The molecule has 0 aliphatic rings. The minimum Gasteiger partial charge on any atom is -0.497 e. The summed E-state index contributed by atoms with van der Waals surface area (Å²) in [7, 11) is 3.06. The van der Waals surface area contributed by atoms with Gasteiger partial charge in [-0.1, -0.05) is 24.3 Å². The lowest BCUT2D eigenvalue weighted by molar-refractivity contribution is 0.387. The molecule has 128 valence electrons. The zero-order valence-electron chi connectivity index (χ0n) is 14.0. The van der Waals surface area contributed by atoms with Gasteiger partial charge in [-0.3, -0.25) is 0 Å². The molecule has 0 bridgehead atoms. The lowest BCUT2D eigenvalue weighted by Crippen LogP contribution is -1.99. The Morgan fingerprint density at radius 3 is 2.00 bits per heavy atom. The van der Waals surface area contributed by atoms with Gasteiger partial charge >= 0.3 is 0 Å². The number of benzene rings is 3. The molecule has 0 amide bonds. The third-order valence-corrected chi connectivity index (χ3v) is 3.91. The molecule has 0 spiro atoms. The average Bonchev–Trinajstić information content (AvgIpc) is 2.64. The molecule has 3 N–H and O–H groups in total. The second-order valence-electron chi connectivity index (χ2n) is 5.50. The highest BCUT2D eigenvalue weighted by atomic mass is 19.1. The summed E-state index contributed by atoms with van der Waals surface area (Å²) in [5.74, 6) is 0.481. The van der Waals surface area contributed by atoms with Crippen molar-refractivity contribution in [2.24, 2.45) is 0 Å². The number of anilines is 3. The van der Waals surface area contributed by atoms with Crippen molar-refractivity contribution in [1.29, 1.82) is 0 Å². The van der Waals surface area contributed by atoms with Crippen LogP contribution in [0.2, 0.25) is 0 Å². The Balaban J connectivity index is 1.81. The van der Waals surface area contributed by atoms with Gasteiger partial charge < -0.3 is 20.5 Å². The van der Waals surface area contributed by atoms with Crippen molar-refractivity contribution in [3.8, 4) is 22.6 Å². The highest BCUT2D eigenvalue weighted by Crippen LogP contribution is 2.31. The molecule has 0 heterocycles. The Morgan fingerprint density at radius 2 is 1.44 bits per heavy atom. The first-order valence-corrected chi connectivity index (χ1v) is 7.75. The highest BCUT2D eigenvalue weighted by Gasteiger charge is 2.09. The first-order chi connectivity index (χ1) is 12.1. The Hall–Kier alpha value is -3.21. The molecule has 3 aromatic rings. The number of methoxy groups -OCH3 is 2. The zero-order chi connectivity index (χ0) is 17.8. The van der Waals surface area contributed by atoms with E-state index < -0.39 is 5.82 Å². The molecule has 0 aliphatic carbocycles. The molecular weight excluding hydrogens is 319 g/mol. The summed E-state index contributed by atoms with van der Waals surface area (Å²) >= 11 is 0.